The highest BCUT2D eigenvalue weighted by Crippen LogP contribution is 2.08. The van der Waals surface area contributed by atoms with Gasteiger partial charge in [-0.05, 0) is 24.5 Å². The molecule has 0 aliphatic carbocycles. The van der Waals surface area contributed by atoms with E-state index >= 15 is 0 Å². The third-order valence-electron chi connectivity index (χ3n) is 2.59. The van der Waals surface area contributed by atoms with Gasteiger partial charge < -0.3 is 4.90 Å². The normalized spacial score (nSPS) is 15.0. The molecule has 0 bridgehead atoms. The molecule has 16 heavy (non-hydrogen) atoms. The minimum atomic E-state index is 0.292. The van der Waals surface area contributed by atoms with Crippen LogP contribution in [0.5, 0.6) is 0 Å². The zero-order chi connectivity index (χ0) is 12.0. The van der Waals surface area contributed by atoms with Gasteiger partial charge in [0.2, 0.25) is 5.91 Å². The van der Waals surface area contributed by atoms with Gasteiger partial charge in [0, 0.05) is 31.9 Å². The fourth-order valence-corrected chi connectivity index (χ4v) is 1.50. The van der Waals surface area contributed by atoms with Gasteiger partial charge in [-0.3, -0.25) is 9.78 Å². The summed E-state index contributed by atoms with van der Waals surface area (Å²) in [6.07, 6.45) is 3.64. The molecule has 1 aromatic heterocycles. The highest BCUT2D eigenvalue weighted by atomic mass is 16.2. The number of hydrogen-bond donors (Lipinski definition) is 0. The lowest BCUT2D eigenvalue weighted by molar-refractivity contribution is -0.126. The topological polar surface area (TPSA) is 33.2 Å². The van der Waals surface area contributed by atoms with Gasteiger partial charge in [-0.2, -0.15) is 0 Å². The Bertz CT molecular complexity index is 322. The summed E-state index contributed by atoms with van der Waals surface area (Å²) < 4.78 is 0. The molecule has 1 saturated heterocycles. The van der Waals surface area contributed by atoms with E-state index in [-0.39, 0.29) is 0 Å². The van der Waals surface area contributed by atoms with Gasteiger partial charge in [-0.1, -0.05) is 19.9 Å². The highest BCUT2D eigenvalue weighted by Gasteiger charge is 2.14. The van der Waals surface area contributed by atoms with Crippen molar-refractivity contribution in [1.82, 2.24) is 9.88 Å². The van der Waals surface area contributed by atoms with Crippen molar-refractivity contribution >= 4 is 5.91 Å². The van der Waals surface area contributed by atoms with Gasteiger partial charge in [0.15, 0.2) is 0 Å². The number of carbonyl (C=O) groups is 1. The predicted molar refractivity (Wildman–Crippen MR) is 65.2 cm³/mol. The summed E-state index contributed by atoms with van der Waals surface area (Å²) in [5, 5.41) is 0. The predicted octanol–water partition coefficient (Wildman–Crippen LogP) is 2.44. The highest BCUT2D eigenvalue weighted by molar-refractivity contribution is 5.77. The summed E-state index contributed by atoms with van der Waals surface area (Å²) in [4.78, 5) is 16.4. The molecule has 0 atom stereocenters. The van der Waals surface area contributed by atoms with Crippen molar-refractivity contribution in [3.63, 3.8) is 0 Å². The average molecular weight is 220 g/mol. The van der Waals surface area contributed by atoms with Gasteiger partial charge in [0.25, 0.3) is 0 Å². The minimum absolute atomic E-state index is 0.292. The van der Waals surface area contributed by atoms with E-state index in [0.717, 1.165) is 25.1 Å². The van der Waals surface area contributed by atoms with Crippen LogP contribution in [0.25, 0.3) is 0 Å². The van der Waals surface area contributed by atoms with Crippen molar-refractivity contribution in [1.29, 1.82) is 0 Å². The number of rotatable bonds is 1. The first-order valence-corrected chi connectivity index (χ1v) is 5.76. The van der Waals surface area contributed by atoms with Crippen molar-refractivity contribution in [3.8, 4) is 0 Å². The second-order valence-electron chi connectivity index (χ2n) is 4.33. The third-order valence-corrected chi connectivity index (χ3v) is 2.59. The first-order valence-electron chi connectivity index (χ1n) is 5.76. The Hall–Kier alpha value is -1.38. The van der Waals surface area contributed by atoms with Crippen LogP contribution in [0.15, 0.2) is 24.4 Å². The average Bonchev–Trinajstić information content (AvgIpc) is 2.65. The van der Waals surface area contributed by atoms with Gasteiger partial charge in [0.1, 0.15) is 0 Å². The summed E-state index contributed by atoms with van der Waals surface area (Å²) in [5.74, 6) is 0.839. The summed E-state index contributed by atoms with van der Waals surface area (Å²) in [7, 11) is 1.84. The monoisotopic (exact) mass is 220 g/mol. The molecule has 2 heterocycles. The molecular formula is C13H20N2O. The maximum Gasteiger partial charge on any atom is 0.222 e. The lowest BCUT2D eigenvalue weighted by Crippen LogP contribution is -2.17. The largest absolute Gasteiger partial charge is 0.346 e. The van der Waals surface area contributed by atoms with Crippen molar-refractivity contribution in [2.24, 2.45) is 0 Å². The molecule has 0 aromatic carbocycles. The quantitative estimate of drug-likeness (QED) is 0.728. The molecule has 0 N–H and O–H groups in total. The van der Waals surface area contributed by atoms with Crippen molar-refractivity contribution < 1.29 is 4.79 Å². The number of amides is 1. The fraction of sp³-hybridized carbons (Fsp3) is 0.538. The Morgan fingerprint density at radius 1 is 1.38 bits per heavy atom. The smallest absolute Gasteiger partial charge is 0.222 e. The van der Waals surface area contributed by atoms with Crippen LogP contribution in [0, 0.1) is 0 Å². The number of hydrogen-bond acceptors (Lipinski definition) is 2. The molecule has 1 amide bonds. The van der Waals surface area contributed by atoms with Gasteiger partial charge >= 0.3 is 0 Å². The van der Waals surface area contributed by atoms with E-state index in [1.807, 2.05) is 31.4 Å². The summed E-state index contributed by atoms with van der Waals surface area (Å²) >= 11 is 0. The van der Waals surface area contributed by atoms with Crippen LogP contribution < -0.4 is 0 Å². The van der Waals surface area contributed by atoms with E-state index in [2.05, 4.69) is 18.8 Å². The maximum atomic E-state index is 10.5. The van der Waals surface area contributed by atoms with Crippen molar-refractivity contribution in [2.75, 3.05) is 13.6 Å². The maximum absolute atomic E-state index is 10.5. The number of nitrogens with zero attached hydrogens (tertiary/aromatic N) is 2. The Morgan fingerprint density at radius 3 is 2.38 bits per heavy atom. The molecule has 2 rings (SSSR count). The minimum Gasteiger partial charge on any atom is -0.346 e. The van der Waals surface area contributed by atoms with E-state index in [4.69, 9.17) is 0 Å². The first-order chi connectivity index (χ1) is 7.61. The van der Waals surface area contributed by atoms with Crippen LogP contribution >= 0.6 is 0 Å². The van der Waals surface area contributed by atoms with Crippen LogP contribution in [0.3, 0.4) is 0 Å². The Kier molecular flexibility index (Phi) is 4.96. The molecule has 0 saturated carbocycles. The molecule has 1 aromatic rings. The molecular weight excluding hydrogens is 200 g/mol. The van der Waals surface area contributed by atoms with E-state index in [9.17, 15) is 4.79 Å². The zero-order valence-electron chi connectivity index (χ0n) is 10.3. The third kappa shape index (κ3) is 4.01. The van der Waals surface area contributed by atoms with E-state index in [1.54, 1.807) is 4.90 Å². The second kappa shape index (κ2) is 6.26. The molecule has 1 aliphatic heterocycles. The van der Waals surface area contributed by atoms with Gasteiger partial charge in [-0.25, -0.2) is 0 Å². The first kappa shape index (κ1) is 12.7. The standard InChI is InChI=1S/C8H11N.C5H9NO/c1-7(2)8-5-3-4-6-9-8;1-6-4-2-3-5(6)7/h3-7H,1-2H3;2-4H2,1H3. The van der Waals surface area contributed by atoms with E-state index < -0.39 is 0 Å². The number of aromatic nitrogens is 1. The molecule has 1 fully saturated rings. The van der Waals surface area contributed by atoms with Crippen LogP contribution in [0.4, 0.5) is 0 Å². The van der Waals surface area contributed by atoms with Crippen LogP contribution in [-0.4, -0.2) is 29.4 Å². The Morgan fingerprint density at radius 2 is 2.12 bits per heavy atom. The van der Waals surface area contributed by atoms with E-state index in [0.29, 0.717) is 11.8 Å². The van der Waals surface area contributed by atoms with Gasteiger partial charge in [0.05, 0.1) is 0 Å². The SMILES string of the molecule is CC(C)c1ccccn1.CN1CCCC1=O. The molecule has 0 radical (unpaired) electrons. The van der Waals surface area contributed by atoms with Crippen LogP contribution in [0.1, 0.15) is 38.3 Å². The van der Waals surface area contributed by atoms with E-state index in [1.165, 1.54) is 0 Å². The van der Waals surface area contributed by atoms with Crippen LogP contribution in [0.2, 0.25) is 0 Å². The zero-order valence-corrected chi connectivity index (χ0v) is 10.3. The molecule has 3 nitrogen and oxygen atoms in total. The molecule has 1 aliphatic rings. The summed E-state index contributed by atoms with van der Waals surface area (Å²) in [6, 6.07) is 6.00. The van der Waals surface area contributed by atoms with Crippen molar-refractivity contribution in [2.45, 2.75) is 32.6 Å². The summed E-state index contributed by atoms with van der Waals surface area (Å²) in [5.41, 5.74) is 1.16. The molecule has 3 heteroatoms. The lowest BCUT2D eigenvalue weighted by atomic mass is 10.1. The number of likely N-dealkylation sites (tertiary alicyclic amines) is 1. The molecule has 88 valence electrons. The van der Waals surface area contributed by atoms with Crippen LogP contribution in [-0.2, 0) is 4.79 Å². The van der Waals surface area contributed by atoms with Crippen molar-refractivity contribution in [3.05, 3.63) is 30.1 Å². The number of pyridine rings is 1. The van der Waals surface area contributed by atoms with Gasteiger partial charge in [-0.15, -0.1) is 0 Å². The second-order valence-corrected chi connectivity index (χ2v) is 4.33. The Labute approximate surface area is 97.5 Å². The molecule has 0 unspecified atom stereocenters. The molecule has 0 spiro atoms. The fourth-order valence-electron chi connectivity index (χ4n) is 1.50. The lowest BCUT2D eigenvalue weighted by Gasteiger charge is -2.03. The number of carbonyl (C=O) groups excluding carboxylic acids is 1. The summed E-state index contributed by atoms with van der Waals surface area (Å²) in [6.45, 7) is 5.24. The Balaban J connectivity index is 0.000000165.